The van der Waals surface area contributed by atoms with Gasteiger partial charge in [-0.15, -0.1) is 0 Å². The van der Waals surface area contributed by atoms with Crippen molar-refractivity contribution in [2.45, 2.75) is 25.5 Å². The highest BCUT2D eigenvalue weighted by molar-refractivity contribution is 6.35. The molecule has 2 aromatic carbocycles. The first kappa shape index (κ1) is 17.6. The van der Waals surface area contributed by atoms with Crippen molar-refractivity contribution in [1.29, 1.82) is 0 Å². The lowest BCUT2D eigenvalue weighted by Crippen LogP contribution is -2.38. The quantitative estimate of drug-likeness (QED) is 0.473. The molecule has 3 rings (SSSR count). The van der Waals surface area contributed by atoms with Crippen LogP contribution in [0.2, 0.25) is 0 Å². The summed E-state index contributed by atoms with van der Waals surface area (Å²) in [5, 5.41) is 6.36. The van der Waals surface area contributed by atoms with E-state index in [2.05, 4.69) is 15.8 Å². The number of ether oxygens (including phenoxy) is 1. The van der Waals surface area contributed by atoms with E-state index in [-0.39, 0.29) is 18.5 Å². The van der Waals surface area contributed by atoms with Crippen LogP contribution in [-0.4, -0.2) is 24.1 Å². The van der Waals surface area contributed by atoms with Gasteiger partial charge >= 0.3 is 11.8 Å². The van der Waals surface area contributed by atoms with Gasteiger partial charge in [0, 0.05) is 17.2 Å². The lowest BCUT2D eigenvalue weighted by atomic mass is 10.2. The lowest BCUT2D eigenvalue weighted by molar-refractivity contribution is -0.139. The summed E-state index contributed by atoms with van der Waals surface area (Å²) < 4.78 is 19.3. The molecule has 0 unspecified atom stereocenters. The summed E-state index contributed by atoms with van der Waals surface area (Å²) in [6.07, 6.45) is 3.17. The Morgan fingerprint density at radius 3 is 2.62 bits per heavy atom. The van der Waals surface area contributed by atoms with Crippen LogP contribution in [0, 0.1) is 5.82 Å². The Balaban J connectivity index is 1.58. The number of nitrogens with one attached hydrogen (secondary N) is 2. The lowest BCUT2D eigenvalue weighted by Gasteiger charge is -2.09. The second-order valence-electron chi connectivity index (χ2n) is 5.86. The molecule has 1 aliphatic rings. The maximum Gasteiger partial charge on any atom is 0.329 e. The number of carbonyl (C=O) groups is 2. The Labute approximate surface area is 150 Å². The number of carbonyl (C=O) groups excluding carboxylic acids is 2. The molecule has 0 saturated heterocycles. The molecule has 0 bridgehead atoms. The standard InChI is InChI=1S/C19H18FN3O3/c20-16-7-3-1-6-14(16)12-26-17-8-4-2-5-13(17)11-21-23-19(25)18(24)22-15-9-10-15/h1-8,11,15H,9-10,12H2,(H,22,24)(H,23,25)/b21-11-. The Hall–Kier alpha value is -3.22. The van der Waals surface area contributed by atoms with E-state index >= 15 is 0 Å². The smallest absolute Gasteiger partial charge is 0.329 e. The summed E-state index contributed by atoms with van der Waals surface area (Å²) in [5.74, 6) is -1.38. The molecule has 0 aromatic heterocycles. The molecule has 6 nitrogen and oxygen atoms in total. The van der Waals surface area contributed by atoms with Gasteiger partial charge in [-0.3, -0.25) is 9.59 Å². The number of benzene rings is 2. The normalized spacial score (nSPS) is 13.4. The highest BCUT2D eigenvalue weighted by atomic mass is 19.1. The summed E-state index contributed by atoms with van der Waals surface area (Å²) in [7, 11) is 0. The number of hydrazone groups is 1. The predicted molar refractivity (Wildman–Crippen MR) is 94.1 cm³/mol. The van der Waals surface area contributed by atoms with Gasteiger partial charge in [0.15, 0.2) is 0 Å². The summed E-state index contributed by atoms with van der Waals surface area (Å²) in [5.41, 5.74) is 3.20. The van der Waals surface area contributed by atoms with Gasteiger partial charge in [-0.1, -0.05) is 30.3 Å². The third kappa shape index (κ3) is 4.89. The highest BCUT2D eigenvalue weighted by Gasteiger charge is 2.26. The first-order valence-corrected chi connectivity index (χ1v) is 8.22. The minimum Gasteiger partial charge on any atom is -0.488 e. The van der Waals surface area contributed by atoms with Crippen LogP contribution in [0.3, 0.4) is 0 Å². The van der Waals surface area contributed by atoms with Crippen LogP contribution in [0.4, 0.5) is 4.39 Å². The highest BCUT2D eigenvalue weighted by Crippen LogP contribution is 2.19. The Bertz CT molecular complexity index is 834. The van der Waals surface area contributed by atoms with Crippen LogP contribution < -0.4 is 15.5 Å². The third-order valence-electron chi connectivity index (χ3n) is 3.75. The largest absolute Gasteiger partial charge is 0.488 e. The van der Waals surface area contributed by atoms with E-state index in [1.54, 1.807) is 42.5 Å². The van der Waals surface area contributed by atoms with Crippen LogP contribution in [0.25, 0.3) is 0 Å². The fourth-order valence-corrected chi connectivity index (χ4v) is 2.18. The van der Waals surface area contributed by atoms with Crippen molar-refractivity contribution >= 4 is 18.0 Å². The van der Waals surface area contributed by atoms with E-state index in [1.165, 1.54) is 12.3 Å². The SMILES string of the molecule is O=C(N/N=C\c1ccccc1OCc1ccccc1F)C(=O)NC1CC1. The molecule has 0 heterocycles. The Kier molecular flexibility index (Phi) is 5.58. The second kappa shape index (κ2) is 8.24. The summed E-state index contributed by atoms with van der Waals surface area (Å²) >= 11 is 0. The zero-order valence-electron chi connectivity index (χ0n) is 13.9. The van der Waals surface area contributed by atoms with Crippen LogP contribution in [-0.2, 0) is 16.2 Å². The molecule has 0 atom stereocenters. The first-order valence-electron chi connectivity index (χ1n) is 8.22. The van der Waals surface area contributed by atoms with Gasteiger partial charge in [-0.05, 0) is 31.0 Å². The van der Waals surface area contributed by atoms with Gasteiger partial charge in [-0.25, -0.2) is 9.82 Å². The Morgan fingerprint density at radius 2 is 1.85 bits per heavy atom. The molecule has 2 N–H and O–H groups in total. The number of para-hydroxylation sites is 1. The number of halogens is 1. The zero-order chi connectivity index (χ0) is 18.4. The van der Waals surface area contributed by atoms with Crippen molar-refractivity contribution in [2.75, 3.05) is 0 Å². The van der Waals surface area contributed by atoms with Crippen molar-refractivity contribution in [2.24, 2.45) is 5.10 Å². The molecule has 0 radical (unpaired) electrons. The molecular weight excluding hydrogens is 337 g/mol. The molecule has 134 valence electrons. The van der Waals surface area contributed by atoms with Crippen molar-refractivity contribution in [3.63, 3.8) is 0 Å². The molecule has 1 aliphatic carbocycles. The molecule has 1 saturated carbocycles. The minimum atomic E-state index is -0.821. The molecule has 0 spiro atoms. The molecular formula is C19H18FN3O3. The zero-order valence-corrected chi connectivity index (χ0v) is 13.9. The fraction of sp³-hybridized carbons (Fsp3) is 0.211. The van der Waals surface area contributed by atoms with E-state index < -0.39 is 11.8 Å². The van der Waals surface area contributed by atoms with E-state index in [0.29, 0.717) is 16.9 Å². The van der Waals surface area contributed by atoms with Gasteiger partial charge in [0.25, 0.3) is 0 Å². The summed E-state index contributed by atoms with van der Waals surface area (Å²) in [6, 6.07) is 13.5. The maximum atomic E-state index is 13.7. The van der Waals surface area contributed by atoms with Gasteiger partial charge in [0.2, 0.25) is 0 Å². The second-order valence-corrected chi connectivity index (χ2v) is 5.86. The monoisotopic (exact) mass is 355 g/mol. The molecule has 7 heteroatoms. The van der Waals surface area contributed by atoms with Gasteiger partial charge in [-0.2, -0.15) is 5.10 Å². The van der Waals surface area contributed by atoms with Crippen molar-refractivity contribution < 1.29 is 18.7 Å². The van der Waals surface area contributed by atoms with Gasteiger partial charge < -0.3 is 10.1 Å². The number of nitrogens with zero attached hydrogens (tertiary/aromatic N) is 1. The number of hydrogen-bond acceptors (Lipinski definition) is 4. The van der Waals surface area contributed by atoms with Crippen LogP contribution in [0.5, 0.6) is 5.75 Å². The first-order chi connectivity index (χ1) is 12.6. The molecule has 2 amide bonds. The average Bonchev–Trinajstić information content (AvgIpc) is 3.46. The third-order valence-corrected chi connectivity index (χ3v) is 3.75. The number of hydrogen-bond donors (Lipinski definition) is 2. The van der Waals surface area contributed by atoms with Crippen molar-refractivity contribution in [1.82, 2.24) is 10.7 Å². The predicted octanol–water partition coefficient (Wildman–Crippen LogP) is 2.13. The van der Waals surface area contributed by atoms with Crippen LogP contribution in [0.1, 0.15) is 24.0 Å². The van der Waals surface area contributed by atoms with Crippen molar-refractivity contribution in [3.05, 3.63) is 65.5 Å². The van der Waals surface area contributed by atoms with E-state index in [9.17, 15) is 14.0 Å². The topological polar surface area (TPSA) is 79.8 Å². The van der Waals surface area contributed by atoms with Gasteiger partial charge in [0.05, 0.1) is 6.21 Å². The van der Waals surface area contributed by atoms with E-state index in [1.807, 2.05) is 0 Å². The molecule has 2 aromatic rings. The molecule has 1 fully saturated rings. The van der Waals surface area contributed by atoms with Gasteiger partial charge in [0.1, 0.15) is 18.2 Å². The number of amides is 2. The summed E-state index contributed by atoms with van der Waals surface area (Å²) in [4.78, 5) is 23.2. The molecule has 0 aliphatic heterocycles. The fourth-order valence-electron chi connectivity index (χ4n) is 2.18. The van der Waals surface area contributed by atoms with Crippen LogP contribution >= 0.6 is 0 Å². The Morgan fingerprint density at radius 1 is 1.12 bits per heavy atom. The minimum absolute atomic E-state index is 0.0632. The van der Waals surface area contributed by atoms with Crippen LogP contribution in [0.15, 0.2) is 53.6 Å². The average molecular weight is 355 g/mol. The van der Waals surface area contributed by atoms with E-state index in [4.69, 9.17) is 4.74 Å². The summed E-state index contributed by atoms with van der Waals surface area (Å²) in [6.45, 7) is 0.0632. The number of rotatable bonds is 6. The van der Waals surface area contributed by atoms with Crippen molar-refractivity contribution in [3.8, 4) is 5.75 Å². The molecule has 26 heavy (non-hydrogen) atoms. The maximum absolute atomic E-state index is 13.7. The van der Waals surface area contributed by atoms with E-state index in [0.717, 1.165) is 12.8 Å².